The highest BCUT2D eigenvalue weighted by molar-refractivity contribution is 5.69. The average Bonchev–Trinajstić information content (AvgIpc) is 2.76. The Hall–Kier alpha value is -2.18. The van der Waals surface area contributed by atoms with Gasteiger partial charge < -0.3 is 4.52 Å². The van der Waals surface area contributed by atoms with Crippen molar-refractivity contribution in [2.45, 2.75) is 6.18 Å². The summed E-state index contributed by atoms with van der Waals surface area (Å²) in [6, 6.07) is 4.45. The standard InChI is InChI=1S/C10H5F3N2O2/c11-10(12,13)7-3-1-2-6(4-7)9-14-8(5-16)17-15-9/h1-5H. The molecule has 0 radical (unpaired) electrons. The van der Waals surface area contributed by atoms with E-state index >= 15 is 0 Å². The number of benzene rings is 1. The van der Waals surface area contributed by atoms with Gasteiger partial charge in [-0.2, -0.15) is 18.2 Å². The molecule has 2 rings (SSSR count). The number of nitrogens with zero attached hydrogens (tertiary/aromatic N) is 2. The van der Waals surface area contributed by atoms with Crippen molar-refractivity contribution in [1.82, 2.24) is 10.1 Å². The number of carbonyl (C=O) groups is 1. The van der Waals surface area contributed by atoms with Crippen LogP contribution in [-0.2, 0) is 6.18 Å². The van der Waals surface area contributed by atoms with Gasteiger partial charge in [0.1, 0.15) is 0 Å². The van der Waals surface area contributed by atoms with E-state index < -0.39 is 11.7 Å². The number of carbonyl (C=O) groups excluding carboxylic acids is 1. The summed E-state index contributed by atoms with van der Waals surface area (Å²) in [5, 5.41) is 3.40. The lowest BCUT2D eigenvalue weighted by Gasteiger charge is -2.06. The van der Waals surface area contributed by atoms with Gasteiger partial charge in [-0.1, -0.05) is 17.3 Å². The molecule has 0 spiro atoms. The molecule has 4 nitrogen and oxygen atoms in total. The highest BCUT2D eigenvalue weighted by Crippen LogP contribution is 2.31. The van der Waals surface area contributed by atoms with Gasteiger partial charge in [0.2, 0.25) is 12.1 Å². The molecular weight excluding hydrogens is 237 g/mol. The third-order valence-corrected chi connectivity index (χ3v) is 1.99. The molecule has 0 aliphatic carbocycles. The Morgan fingerprint density at radius 3 is 2.65 bits per heavy atom. The molecular formula is C10H5F3N2O2. The van der Waals surface area contributed by atoms with E-state index in [1.165, 1.54) is 12.1 Å². The smallest absolute Gasteiger partial charge is 0.331 e. The van der Waals surface area contributed by atoms with E-state index in [2.05, 4.69) is 14.7 Å². The lowest BCUT2D eigenvalue weighted by atomic mass is 10.1. The van der Waals surface area contributed by atoms with Crippen molar-refractivity contribution in [3.8, 4) is 11.4 Å². The largest absolute Gasteiger partial charge is 0.416 e. The van der Waals surface area contributed by atoms with E-state index in [0.29, 0.717) is 6.29 Å². The molecule has 0 atom stereocenters. The van der Waals surface area contributed by atoms with Gasteiger partial charge in [0.25, 0.3) is 5.89 Å². The molecule has 0 saturated heterocycles. The lowest BCUT2D eigenvalue weighted by molar-refractivity contribution is -0.137. The SMILES string of the molecule is O=Cc1nc(-c2cccc(C(F)(F)F)c2)no1. The van der Waals surface area contributed by atoms with E-state index in [0.717, 1.165) is 12.1 Å². The van der Waals surface area contributed by atoms with E-state index in [1.807, 2.05) is 0 Å². The van der Waals surface area contributed by atoms with Gasteiger partial charge in [0.15, 0.2) is 0 Å². The summed E-state index contributed by atoms with van der Waals surface area (Å²) in [5.74, 6) is -0.337. The van der Waals surface area contributed by atoms with E-state index in [-0.39, 0.29) is 17.3 Å². The minimum atomic E-state index is -4.44. The zero-order valence-electron chi connectivity index (χ0n) is 8.23. The quantitative estimate of drug-likeness (QED) is 0.759. The van der Waals surface area contributed by atoms with Gasteiger partial charge in [-0.15, -0.1) is 0 Å². The number of halogens is 3. The van der Waals surface area contributed by atoms with Gasteiger partial charge in [-0.3, -0.25) is 4.79 Å². The first kappa shape index (κ1) is 11.3. The molecule has 0 unspecified atom stereocenters. The predicted molar refractivity (Wildman–Crippen MR) is 50.1 cm³/mol. The summed E-state index contributed by atoms with van der Waals surface area (Å²) in [5.41, 5.74) is -0.677. The van der Waals surface area contributed by atoms with E-state index in [9.17, 15) is 18.0 Å². The Morgan fingerprint density at radius 2 is 2.06 bits per heavy atom. The highest BCUT2D eigenvalue weighted by Gasteiger charge is 2.30. The Balaban J connectivity index is 2.42. The van der Waals surface area contributed by atoms with Crippen molar-refractivity contribution in [2.75, 3.05) is 0 Å². The number of hydrogen-bond acceptors (Lipinski definition) is 4. The molecule has 1 aromatic heterocycles. The van der Waals surface area contributed by atoms with Crippen molar-refractivity contribution in [1.29, 1.82) is 0 Å². The second kappa shape index (κ2) is 4.00. The fraction of sp³-hybridized carbons (Fsp3) is 0.100. The number of hydrogen-bond donors (Lipinski definition) is 0. The summed E-state index contributed by atoms with van der Waals surface area (Å²) < 4.78 is 41.8. The van der Waals surface area contributed by atoms with Crippen LogP contribution in [0.1, 0.15) is 16.2 Å². The van der Waals surface area contributed by atoms with Crippen LogP contribution in [0, 0.1) is 0 Å². The Morgan fingerprint density at radius 1 is 1.29 bits per heavy atom. The maximum absolute atomic E-state index is 12.4. The zero-order chi connectivity index (χ0) is 12.5. The fourth-order valence-electron chi connectivity index (χ4n) is 1.23. The summed E-state index contributed by atoms with van der Waals surface area (Å²) in [7, 11) is 0. The van der Waals surface area contributed by atoms with Crippen molar-refractivity contribution >= 4 is 6.29 Å². The van der Waals surface area contributed by atoms with Crippen LogP contribution in [0.25, 0.3) is 11.4 Å². The van der Waals surface area contributed by atoms with E-state index in [1.54, 1.807) is 0 Å². The molecule has 0 aliphatic rings. The maximum Gasteiger partial charge on any atom is 0.416 e. The second-order valence-electron chi connectivity index (χ2n) is 3.15. The van der Waals surface area contributed by atoms with Crippen LogP contribution in [0.5, 0.6) is 0 Å². The van der Waals surface area contributed by atoms with Crippen LogP contribution in [0.4, 0.5) is 13.2 Å². The summed E-state index contributed by atoms with van der Waals surface area (Å²) in [6.45, 7) is 0. The van der Waals surface area contributed by atoms with Crippen molar-refractivity contribution in [3.05, 3.63) is 35.7 Å². The minimum Gasteiger partial charge on any atom is -0.331 e. The minimum absolute atomic E-state index is 0.0572. The molecule has 17 heavy (non-hydrogen) atoms. The summed E-state index contributed by atoms with van der Waals surface area (Å²) >= 11 is 0. The molecule has 0 aliphatic heterocycles. The second-order valence-corrected chi connectivity index (χ2v) is 3.15. The van der Waals surface area contributed by atoms with Crippen LogP contribution in [0.3, 0.4) is 0 Å². The molecule has 88 valence electrons. The fourth-order valence-corrected chi connectivity index (χ4v) is 1.23. The molecule has 1 aromatic carbocycles. The van der Waals surface area contributed by atoms with Gasteiger partial charge in [-0.25, -0.2) is 0 Å². The molecule has 0 N–H and O–H groups in total. The Labute approximate surface area is 93.1 Å². The van der Waals surface area contributed by atoms with Gasteiger partial charge in [0, 0.05) is 5.56 Å². The zero-order valence-corrected chi connectivity index (χ0v) is 8.23. The molecule has 0 amide bonds. The highest BCUT2D eigenvalue weighted by atomic mass is 19.4. The molecule has 0 bridgehead atoms. The Kier molecular flexibility index (Phi) is 2.66. The van der Waals surface area contributed by atoms with E-state index in [4.69, 9.17) is 0 Å². The third-order valence-electron chi connectivity index (χ3n) is 1.99. The topological polar surface area (TPSA) is 56.0 Å². The van der Waals surface area contributed by atoms with Gasteiger partial charge in [-0.05, 0) is 12.1 Å². The lowest BCUT2D eigenvalue weighted by Crippen LogP contribution is -2.04. The number of rotatable bonds is 2. The summed E-state index contributed by atoms with van der Waals surface area (Å²) in [6.07, 6.45) is -4.11. The normalized spacial score (nSPS) is 11.5. The van der Waals surface area contributed by atoms with Crippen LogP contribution in [0.15, 0.2) is 28.8 Å². The van der Waals surface area contributed by atoms with Crippen LogP contribution < -0.4 is 0 Å². The third kappa shape index (κ3) is 2.32. The van der Waals surface area contributed by atoms with Gasteiger partial charge >= 0.3 is 6.18 Å². The molecule has 1 heterocycles. The average molecular weight is 242 g/mol. The number of aldehydes is 1. The first-order valence-electron chi connectivity index (χ1n) is 4.47. The van der Waals surface area contributed by atoms with Crippen LogP contribution in [-0.4, -0.2) is 16.4 Å². The Bertz CT molecular complexity index is 548. The maximum atomic E-state index is 12.4. The predicted octanol–water partition coefficient (Wildman–Crippen LogP) is 2.57. The van der Waals surface area contributed by atoms with Crippen molar-refractivity contribution in [2.24, 2.45) is 0 Å². The van der Waals surface area contributed by atoms with Crippen LogP contribution in [0.2, 0.25) is 0 Å². The number of aromatic nitrogens is 2. The van der Waals surface area contributed by atoms with Crippen molar-refractivity contribution in [3.63, 3.8) is 0 Å². The number of alkyl halides is 3. The van der Waals surface area contributed by atoms with Crippen LogP contribution >= 0.6 is 0 Å². The molecule has 0 fully saturated rings. The molecule has 0 saturated carbocycles. The van der Waals surface area contributed by atoms with Crippen molar-refractivity contribution < 1.29 is 22.5 Å². The summed E-state index contributed by atoms with van der Waals surface area (Å²) in [4.78, 5) is 13.9. The first-order chi connectivity index (χ1) is 8.00. The molecule has 7 heteroatoms. The monoisotopic (exact) mass is 242 g/mol. The van der Waals surface area contributed by atoms with Gasteiger partial charge in [0.05, 0.1) is 5.56 Å². The first-order valence-corrected chi connectivity index (χ1v) is 4.47. The molecule has 2 aromatic rings.